The number of ether oxygens (including phenoxy) is 2. The lowest BCUT2D eigenvalue weighted by atomic mass is 9.86. The first kappa shape index (κ1) is 23.0. The van der Waals surface area contributed by atoms with E-state index < -0.39 is 22.8 Å². The van der Waals surface area contributed by atoms with Crippen molar-refractivity contribution in [3.8, 4) is 5.75 Å². The Balaban J connectivity index is 1.42. The SMILES string of the molecule is O=C(OCc1ccccc1)c1cn(C2CC2)c2c3c(c(F)cc2c1=O)N1CCC(O)(CO)C[C@H]1CO3. The Hall–Kier alpha value is -3.43. The number of halogens is 1. The monoisotopic (exact) mass is 494 g/mol. The van der Waals surface area contributed by atoms with Gasteiger partial charge in [0, 0.05) is 25.2 Å². The summed E-state index contributed by atoms with van der Waals surface area (Å²) in [5.74, 6) is -1.09. The molecule has 9 heteroatoms. The van der Waals surface area contributed by atoms with Crippen molar-refractivity contribution in [1.29, 1.82) is 0 Å². The normalized spacial score (nSPS) is 23.1. The van der Waals surface area contributed by atoms with E-state index in [-0.39, 0.29) is 60.7 Å². The third kappa shape index (κ3) is 3.83. The maximum Gasteiger partial charge on any atom is 0.343 e. The van der Waals surface area contributed by atoms with Gasteiger partial charge in [-0.2, -0.15) is 0 Å². The molecule has 3 heterocycles. The highest BCUT2D eigenvalue weighted by molar-refractivity contribution is 5.98. The van der Waals surface area contributed by atoms with Gasteiger partial charge < -0.3 is 29.2 Å². The Kier molecular flexibility index (Phi) is 5.49. The first-order valence-corrected chi connectivity index (χ1v) is 12.2. The summed E-state index contributed by atoms with van der Waals surface area (Å²) >= 11 is 0. The second-order valence-corrected chi connectivity index (χ2v) is 10.00. The van der Waals surface area contributed by atoms with Crippen LogP contribution < -0.4 is 15.1 Å². The average molecular weight is 495 g/mol. The van der Waals surface area contributed by atoms with Crippen molar-refractivity contribution in [3.05, 3.63) is 69.8 Å². The summed E-state index contributed by atoms with van der Waals surface area (Å²) in [6.45, 7) is 0.194. The summed E-state index contributed by atoms with van der Waals surface area (Å²) in [4.78, 5) is 28.2. The van der Waals surface area contributed by atoms with Gasteiger partial charge in [-0.25, -0.2) is 9.18 Å². The lowest BCUT2D eigenvalue weighted by Crippen LogP contribution is -2.56. The Morgan fingerprint density at radius 2 is 2.00 bits per heavy atom. The molecule has 6 rings (SSSR count). The number of pyridine rings is 1. The molecule has 0 bridgehead atoms. The van der Waals surface area contributed by atoms with Gasteiger partial charge in [0.1, 0.15) is 24.5 Å². The predicted octanol–water partition coefficient (Wildman–Crippen LogP) is 2.92. The Morgan fingerprint density at radius 1 is 1.22 bits per heavy atom. The highest BCUT2D eigenvalue weighted by Gasteiger charge is 2.43. The number of aliphatic hydroxyl groups excluding tert-OH is 1. The van der Waals surface area contributed by atoms with Crippen LogP contribution in [0.25, 0.3) is 10.9 Å². The Morgan fingerprint density at radius 3 is 2.72 bits per heavy atom. The average Bonchev–Trinajstić information content (AvgIpc) is 3.73. The number of hydrogen-bond donors (Lipinski definition) is 2. The summed E-state index contributed by atoms with van der Waals surface area (Å²) in [5, 5.41) is 20.2. The highest BCUT2D eigenvalue weighted by atomic mass is 19.1. The van der Waals surface area contributed by atoms with Gasteiger partial charge in [-0.15, -0.1) is 0 Å². The van der Waals surface area contributed by atoms with Crippen molar-refractivity contribution in [2.24, 2.45) is 0 Å². The van der Waals surface area contributed by atoms with Crippen molar-refractivity contribution in [1.82, 2.24) is 4.57 Å². The number of carbonyl (C=O) groups excluding carboxylic acids is 1. The second kappa shape index (κ2) is 8.60. The van der Waals surface area contributed by atoms with E-state index in [2.05, 4.69) is 0 Å². The van der Waals surface area contributed by atoms with Crippen LogP contribution in [-0.2, 0) is 11.3 Å². The molecule has 1 saturated heterocycles. The summed E-state index contributed by atoms with van der Waals surface area (Å²) in [6, 6.07) is 10.1. The molecule has 1 aliphatic carbocycles. The molecule has 2 aliphatic heterocycles. The van der Waals surface area contributed by atoms with Crippen LogP contribution in [0.3, 0.4) is 0 Å². The molecule has 0 spiro atoms. The van der Waals surface area contributed by atoms with Crippen molar-refractivity contribution in [2.75, 3.05) is 24.7 Å². The lowest BCUT2D eigenvalue weighted by Gasteiger charge is -2.47. The molecule has 1 saturated carbocycles. The smallest absolute Gasteiger partial charge is 0.343 e. The van der Waals surface area contributed by atoms with Crippen molar-refractivity contribution in [2.45, 2.75) is 50.0 Å². The maximum atomic E-state index is 15.6. The first-order valence-electron chi connectivity index (χ1n) is 12.2. The third-order valence-corrected chi connectivity index (χ3v) is 7.45. The van der Waals surface area contributed by atoms with E-state index in [0.29, 0.717) is 18.5 Å². The number of esters is 1. The van der Waals surface area contributed by atoms with Crippen molar-refractivity contribution in [3.63, 3.8) is 0 Å². The predicted molar refractivity (Wildman–Crippen MR) is 130 cm³/mol. The molecule has 3 aromatic rings. The fourth-order valence-corrected chi connectivity index (χ4v) is 5.36. The number of hydrogen-bond acceptors (Lipinski definition) is 7. The molecule has 2 N–H and O–H groups in total. The van der Waals surface area contributed by atoms with Crippen molar-refractivity contribution < 1.29 is 28.9 Å². The van der Waals surface area contributed by atoms with Crippen molar-refractivity contribution >= 4 is 22.6 Å². The number of carbonyl (C=O) groups is 1. The van der Waals surface area contributed by atoms with Gasteiger partial charge in [0.15, 0.2) is 11.6 Å². The molecule has 2 fully saturated rings. The van der Waals surface area contributed by atoms with Crippen LogP contribution in [0.1, 0.15) is 47.6 Å². The lowest BCUT2D eigenvalue weighted by molar-refractivity contribution is -0.0470. The van der Waals surface area contributed by atoms with Crippen LogP contribution in [0.5, 0.6) is 5.75 Å². The molecule has 1 unspecified atom stereocenters. The van der Waals surface area contributed by atoms with E-state index in [1.165, 1.54) is 12.3 Å². The van der Waals surface area contributed by atoms with Gasteiger partial charge in [-0.1, -0.05) is 30.3 Å². The molecular formula is C27H27FN2O6. The fourth-order valence-electron chi connectivity index (χ4n) is 5.36. The van der Waals surface area contributed by atoms with Gasteiger partial charge in [-0.05, 0) is 30.9 Å². The van der Waals surface area contributed by atoms with E-state index >= 15 is 4.39 Å². The second-order valence-electron chi connectivity index (χ2n) is 10.00. The van der Waals surface area contributed by atoms with Crippen LogP contribution in [0.15, 0.2) is 47.4 Å². The number of aliphatic hydroxyl groups is 2. The van der Waals surface area contributed by atoms with Crippen LogP contribution in [-0.4, -0.2) is 52.2 Å². The first-order chi connectivity index (χ1) is 17.4. The van der Waals surface area contributed by atoms with Crippen LogP contribution in [0.2, 0.25) is 0 Å². The molecule has 0 amide bonds. The van der Waals surface area contributed by atoms with Gasteiger partial charge >= 0.3 is 5.97 Å². The van der Waals surface area contributed by atoms with E-state index in [1.807, 2.05) is 39.8 Å². The molecule has 3 aliphatic rings. The minimum Gasteiger partial charge on any atom is -0.487 e. The Bertz CT molecular complexity index is 1400. The molecule has 2 atom stereocenters. The number of nitrogens with zero attached hydrogens (tertiary/aromatic N) is 2. The summed E-state index contributed by atoms with van der Waals surface area (Å²) in [7, 11) is 0. The van der Waals surface area contributed by atoms with E-state index in [9.17, 15) is 19.8 Å². The maximum absolute atomic E-state index is 15.6. The van der Waals surface area contributed by atoms with E-state index in [1.54, 1.807) is 0 Å². The third-order valence-electron chi connectivity index (χ3n) is 7.45. The topological polar surface area (TPSA) is 101 Å². The molecule has 1 aromatic heterocycles. The van der Waals surface area contributed by atoms with Crippen LogP contribution in [0.4, 0.5) is 10.1 Å². The van der Waals surface area contributed by atoms with Gasteiger partial charge in [0.25, 0.3) is 0 Å². The zero-order valence-electron chi connectivity index (χ0n) is 19.7. The Labute approximate surface area is 206 Å². The zero-order chi connectivity index (χ0) is 25.0. The van der Waals surface area contributed by atoms with Gasteiger partial charge in [0.05, 0.1) is 29.2 Å². The van der Waals surface area contributed by atoms with E-state index in [4.69, 9.17) is 9.47 Å². The van der Waals surface area contributed by atoms with Gasteiger partial charge in [-0.3, -0.25) is 4.79 Å². The fraction of sp³-hybridized carbons (Fsp3) is 0.407. The van der Waals surface area contributed by atoms with Crippen LogP contribution >= 0.6 is 0 Å². The number of aromatic nitrogens is 1. The standard InChI is InChI=1S/C27H27FN2O6/c28-21-10-19-22(25-23(21)29-9-8-27(34,15-31)11-18(29)14-35-25)30(17-6-7-17)12-20(24(19)32)26(33)36-13-16-4-2-1-3-5-16/h1-5,10,12,17-18,31,34H,6-9,11,13-15H2/t18-,27?/m0/s1. The van der Waals surface area contributed by atoms with Crippen LogP contribution in [0, 0.1) is 5.82 Å². The molecule has 36 heavy (non-hydrogen) atoms. The summed E-state index contributed by atoms with van der Waals surface area (Å²) < 4.78 is 28.9. The zero-order valence-corrected chi connectivity index (χ0v) is 19.7. The number of fused-ring (bicyclic) bond motifs is 5. The number of anilines is 1. The molecule has 188 valence electrons. The quantitative estimate of drug-likeness (QED) is 0.526. The number of piperidine rings is 1. The largest absolute Gasteiger partial charge is 0.487 e. The minimum absolute atomic E-state index is 0.0266. The molecular weight excluding hydrogens is 467 g/mol. The molecule has 2 aromatic carbocycles. The number of rotatable bonds is 5. The minimum atomic E-state index is -1.22. The summed E-state index contributed by atoms with van der Waals surface area (Å²) in [5.41, 5.74) is -0.427. The highest BCUT2D eigenvalue weighted by Crippen LogP contribution is 2.47. The summed E-state index contributed by atoms with van der Waals surface area (Å²) in [6.07, 6.45) is 3.81. The van der Waals surface area contributed by atoms with Gasteiger partial charge in [0.2, 0.25) is 5.43 Å². The van der Waals surface area contributed by atoms with E-state index in [0.717, 1.165) is 18.4 Å². The molecule has 8 nitrogen and oxygen atoms in total. The molecule has 0 radical (unpaired) electrons. The number of benzene rings is 2.